The summed E-state index contributed by atoms with van der Waals surface area (Å²) in [6.07, 6.45) is 1.39. The minimum atomic E-state index is -0.552. The van der Waals surface area contributed by atoms with Crippen LogP contribution >= 0.6 is 34.8 Å². The topological polar surface area (TPSA) is 52.9 Å². The summed E-state index contributed by atoms with van der Waals surface area (Å²) in [6.45, 7) is 1.86. The van der Waals surface area contributed by atoms with E-state index in [9.17, 15) is 10.1 Å². The molecule has 23 heavy (non-hydrogen) atoms. The van der Waals surface area contributed by atoms with Crippen molar-refractivity contribution < 1.29 is 4.79 Å². The van der Waals surface area contributed by atoms with Crippen molar-refractivity contribution in [3.8, 4) is 6.07 Å². The van der Waals surface area contributed by atoms with E-state index in [1.165, 1.54) is 6.08 Å². The molecule has 0 aromatic heterocycles. The van der Waals surface area contributed by atoms with Gasteiger partial charge in [-0.1, -0.05) is 53.0 Å². The Morgan fingerprint density at radius 1 is 1.17 bits per heavy atom. The zero-order chi connectivity index (χ0) is 17.0. The van der Waals surface area contributed by atoms with Gasteiger partial charge in [-0.15, -0.1) is 0 Å². The Kier molecular flexibility index (Phi) is 5.68. The van der Waals surface area contributed by atoms with Gasteiger partial charge in [0.05, 0.1) is 10.0 Å². The van der Waals surface area contributed by atoms with Gasteiger partial charge in [-0.05, 0) is 42.3 Å². The first-order chi connectivity index (χ1) is 10.9. The van der Waals surface area contributed by atoms with Crippen LogP contribution in [0.25, 0.3) is 6.08 Å². The van der Waals surface area contributed by atoms with E-state index in [-0.39, 0.29) is 10.6 Å². The molecule has 0 atom stereocenters. The molecule has 0 bridgehead atoms. The minimum Gasteiger partial charge on any atom is -0.321 e. The second-order valence-electron chi connectivity index (χ2n) is 4.73. The third kappa shape index (κ3) is 4.27. The highest BCUT2D eigenvalue weighted by Gasteiger charge is 2.12. The van der Waals surface area contributed by atoms with Crippen molar-refractivity contribution >= 4 is 52.5 Å². The van der Waals surface area contributed by atoms with E-state index in [0.29, 0.717) is 21.3 Å². The SMILES string of the molecule is Cc1ccc(NC(=O)/C(C#N)=C/c2cccc(Cl)c2Cl)cc1Cl. The highest BCUT2D eigenvalue weighted by Crippen LogP contribution is 2.27. The fraction of sp³-hybridized carbons (Fsp3) is 0.0588. The maximum absolute atomic E-state index is 12.2. The average Bonchev–Trinajstić information content (AvgIpc) is 2.52. The Morgan fingerprint density at radius 3 is 2.57 bits per heavy atom. The molecule has 0 aliphatic heterocycles. The number of hydrogen-bond donors (Lipinski definition) is 1. The van der Waals surface area contributed by atoms with E-state index in [1.54, 1.807) is 36.4 Å². The second kappa shape index (κ2) is 7.52. The number of nitrogens with zero attached hydrogens (tertiary/aromatic N) is 1. The van der Waals surface area contributed by atoms with E-state index >= 15 is 0 Å². The summed E-state index contributed by atoms with van der Waals surface area (Å²) >= 11 is 18.0. The van der Waals surface area contributed by atoms with Gasteiger partial charge in [0.2, 0.25) is 0 Å². The predicted octanol–water partition coefficient (Wildman–Crippen LogP) is 5.50. The zero-order valence-electron chi connectivity index (χ0n) is 12.0. The largest absolute Gasteiger partial charge is 0.321 e. The third-order valence-electron chi connectivity index (χ3n) is 3.08. The van der Waals surface area contributed by atoms with Crippen molar-refractivity contribution in [3.05, 3.63) is 68.2 Å². The van der Waals surface area contributed by atoms with Crippen molar-refractivity contribution in [1.29, 1.82) is 5.26 Å². The monoisotopic (exact) mass is 364 g/mol. The number of carbonyl (C=O) groups is 1. The summed E-state index contributed by atoms with van der Waals surface area (Å²) in [6, 6.07) is 11.9. The molecule has 0 saturated heterocycles. The van der Waals surface area contributed by atoms with Crippen LogP contribution in [0.4, 0.5) is 5.69 Å². The maximum atomic E-state index is 12.2. The Labute approximate surface area is 149 Å². The molecule has 1 N–H and O–H groups in total. The molecule has 0 aliphatic carbocycles. The molecule has 2 aromatic carbocycles. The van der Waals surface area contributed by atoms with Crippen LogP contribution in [0.15, 0.2) is 42.0 Å². The first-order valence-electron chi connectivity index (χ1n) is 6.55. The highest BCUT2D eigenvalue weighted by atomic mass is 35.5. The van der Waals surface area contributed by atoms with Crippen LogP contribution < -0.4 is 5.32 Å². The van der Waals surface area contributed by atoms with Gasteiger partial charge in [-0.25, -0.2) is 0 Å². The lowest BCUT2D eigenvalue weighted by Gasteiger charge is -2.07. The van der Waals surface area contributed by atoms with Crippen molar-refractivity contribution in [1.82, 2.24) is 0 Å². The number of amides is 1. The molecule has 0 radical (unpaired) electrons. The summed E-state index contributed by atoms with van der Waals surface area (Å²) < 4.78 is 0. The van der Waals surface area contributed by atoms with Crippen LogP contribution in [0.3, 0.4) is 0 Å². The highest BCUT2D eigenvalue weighted by molar-refractivity contribution is 6.43. The zero-order valence-corrected chi connectivity index (χ0v) is 14.3. The Morgan fingerprint density at radius 2 is 1.91 bits per heavy atom. The number of nitriles is 1. The molecule has 0 heterocycles. The lowest BCUT2D eigenvalue weighted by atomic mass is 10.1. The van der Waals surface area contributed by atoms with E-state index in [4.69, 9.17) is 34.8 Å². The second-order valence-corrected chi connectivity index (χ2v) is 5.92. The first-order valence-corrected chi connectivity index (χ1v) is 7.69. The summed E-state index contributed by atoms with van der Waals surface area (Å²) in [5.74, 6) is -0.552. The van der Waals surface area contributed by atoms with Gasteiger partial charge in [0.15, 0.2) is 0 Å². The van der Waals surface area contributed by atoms with Gasteiger partial charge < -0.3 is 5.32 Å². The normalized spacial score (nSPS) is 11.0. The fourth-order valence-corrected chi connectivity index (χ4v) is 2.35. The minimum absolute atomic E-state index is 0.0918. The third-order valence-corrected chi connectivity index (χ3v) is 4.32. The quantitative estimate of drug-likeness (QED) is 0.576. The molecule has 6 heteroatoms. The maximum Gasteiger partial charge on any atom is 0.266 e. The Balaban J connectivity index is 2.28. The van der Waals surface area contributed by atoms with E-state index < -0.39 is 5.91 Å². The molecule has 2 aromatic rings. The van der Waals surface area contributed by atoms with Gasteiger partial charge in [0.1, 0.15) is 11.6 Å². The van der Waals surface area contributed by atoms with Gasteiger partial charge in [0.25, 0.3) is 5.91 Å². The number of anilines is 1. The number of carbonyl (C=O) groups excluding carboxylic acids is 1. The predicted molar refractivity (Wildman–Crippen MR) is 94.9 cm³/mol. The summed E-state index contributed by atoms with van der Waals surface area (Å²) in [7, 11) is 0. The number of hydrogen-bond acceptors (Lipinski definition) is 2. The van der Waals surface area contributed by atoms with Crippen LogP contribution in [0, 0.1) is 18.3 Å². The number of nitrogens with one attached hydrogen (secondary N) is 1. The number of rotatable bonds is 3. The molecule has 0 spiro atoms. The van der Waals surface area contributed by atoms with Crippen LogP contribution in [-0.4, -0.2) is 5.91 Å². The molecular weight excluding hydrogens is 355 g/mol. The molecule has 0 saturated carbocycles. The van der Waals surface area contributed by atoms with Crippen molar-refractivity contribution in [2.75, 3.05) is 5.32 Å². The van der Waals surface area contributed by atoms with Crippen molar-refractivity contribution in [2.24, 2.45) is 0 Å². The van der Waals surface area contributed by atoms with Gasteiger partial charge in [0, 0.05) is 10.7 Å². The Bertz CT molecular complexity index is 838. The van der Waals surface area contributed by atoms with E-state index in [0.717, 1.165) is 5.56 Å². The molecule has 116 valence electrons. The van der Waals surface area contributed by atoms with E-state index in [2.05, 4.69) is 5.32 Å². The van der Waals surface area contributed by atoms with Gasteiger partial charge >= 0.3 is 0 Å². The molecule has 0 fully saturated rings. The fourth-order valence-electron chi connectivity index (χ4n) is 1.81. The van der Waals surface area contributed by atoms with Crippen LogP contribution in [0.1, 0.15) is 11.1 Å². The van der Waals surface area contributed by atoms with Crippen LogP contribution in [0.2, 0.25) is 15.1 Å². The number of halogens is 3. The molecule has 3 nitrogen and oxygen atoms in total. The molecule has 0 unspecified atom stereocenters. The standard InChI is InChI=1S/C17H11Cl3N2O/c1-10-5-6-13(8-15(10)19)22-17(23)12(9-21)7-11-3-2-4-14(18)16(11)20/h2-8H,1H3,(H,22,23)/b12-7+. The van der Waals surface area contributed by atoms with Crippen molar-refractivity contribution in [3.63, 3.8) is 0 Å². The van der Waals surface area contributed by atoms with Gasteiger partial charge in [-0.2, -0.15) is 5.26 Å². The summed E-state index contributed by atoms with van der Waals surface area (Å²) in [5.41, 5.74) is 1.80. The lowest BCUT2D eigenvalue weighted by molar-refractivity contribution is -0.112. The first kappa shape index (κ1) is 17.4. The smallest absolute Gasteiger partial charge is 0.266 e. The average molecular weight is 366 g/mol. The summed E-state index contributed by atoms with van der Waals surface area (Å²) in [4.78, 5) is 12.2. The Hall–Kier alpha value is -1.99. The molecule has 1 amide bonds. The summed E-state index contributed by atoms with van der Waals surface area (Å²) in [5, 5.41) is 13.0. The van der Waals surface area contributed by atoms with Crippen LogP contribution in [-0.2, 0) is 4.79 Å². The molecule has 0 aliphatic rings. The molecule has 2 rings (SSSR count). The lowest BCUT2D eigenvalue weighted by Crippen LogP contribution is -2.13. The van der Waals surface area contributed by atoms with Crippen LogP contribution in [0.5, 0.6) is 0 Å². The van der Waals surface area contributed by atoms with Gasteiger partial charge in [-0.3, -0.25) is 4.79 Å². The molecular formula is C17H11Cl3N2O. The number of aryl methyl sites for hydroxylation is 1. The van der Waals surface area contributed by atoms with E-state index in [1.807, 2.05) is 13.0 Å². The number of benzene rings is 2. The van der Waals surface area contributed by atoms with Crippen molar-refractivity contribution in [2.45, 2.75) is 6.92 Å².